The summed E-state index contributed by atoms with van der Waals surface area (Å²) in [7, 11) is 0. The van der Waals surface area contributed by atoms with Crippen LogP contribution in [0.4, 0.5) is 25.8 Å². The van der Waals surface area contributed by atoms with Gasteiger partial charge in [0, 0.05) is 75.4 Å². The minimum atomic E-state index is -1.12. The lowest BCUT2D eigenvalue weighted by Crippen LogP contribution is -2.54. The third-order valence-corrected chi connectivity index (χ3v) is 13.0. The van der Waals surface area contributed by atoms with Crippen molar-refractivity contribution in [1.82, 2.24) is 25.4 Å². The first kappa shape index (κ1) is 40.9. The van der Waals surface area contributed by atoms with Gasteiger partial charge < -0.3 is 19.9 Å². The molecule has 62 heavy (non-hydrogen) atoms. The number of piperazine rings is 1. The number of hydrogen-bond donors (Lipinski definition) is 2. The van der Waals surface area contributed by atoms with Crippen LogP contribution in [0.15, 0.2) is 60.8 Å². The summed E-state index contributed by atoms with van der Waals surface area (Å²) in [4.78, 5) is 78.7. The predicted molar refractivity (Wildman–Crippen MR) is 225 cm³/mol. The van der Waals surface area contributed by atoms with Crippen molar-refractivity contribution < 1.29 is 37.5 Å². The van der Waals surface area contributed by atoms with Crippen LogP contribution >= 0.6 is 0 Å². The Morgan fingerprint density at radius 3 is 2.24 bits per heavy atom. The van der Waals surface area contributed by atoms with E-state index in [1.165, 1.54) is 12.1 Å². The molecule has 320 valence electrons. The van der Waals surface area contributed by atoms with Gasteiger partial charge in [-0.1, -0.05) is 6.07 Å². The van der Waals surface area contributed by atoms with E-state index < -0.39 is 41.3 Å². The fourth-order valence-corrected chi connectivity index (χ4v) is 9.62. The van der Waals surface area contributed by atoms with Gasteiger partial charge in [-0.05, 0) is 99.4 Å². The molecule has 1 unspecified atom stereocenters. The number of nitrogens with zero attached hydrogens (tertiary/aromatic N) is 6. The number of halogens is 2. The molecular formula is C46H46F2N8O6. The van der Waals surface area contributed by atoms with Crippen molar-refractivity contribution in [3.8, 4) is 5.75 Å². The first-order valence-electron chi connectivity index (χ1n) is 21.3. The highest BCUT2D eigenvalue weighted by Gasteiger charge is 2.45. The summed E-state index contributed by atoms with van der Waals surface area (Å²) < 4.78 is 37.3. The average molecular weight is 845 g/mol. The molecule has 1 aliphatic carbocycles. The molecule has 3 saturated heterocycles. The number of nitrogens with one attached hydrogen (secondary N) is 2. The molecule has 1 atom stereocenters. The van der Waals surface area contributed by atoms with Crippen LogP contribution in [0, 0.1) is 24.1 Å². The quantitative estimate of drug-likeness (QED) is 0.161. The van der Waals surface area contributed by atoms with Gasteiger partial charge in [-0.2, -0.15) is 0 Å². The lowest BCUT2D eigenvalue weighted by molar-refractivity contribution is -0.136. The zero-order valence-corrected chi connectivity index (χ0v) is 34.1. The molecule has 3 aromatic carbocycles. The zero-order chi connectivity index (χ0) is 43.1. The van der Waals surface area contributed by atoms with E-state index in [1.54, 1.807) is 24.4 Å². The van der Waals surface area contributed by atoms with E-state index in [2.05, 4.69) is 25.4 Å². The van der Waals surface area contributed by atoms with Crippen LogP contribution in [0.1, 0.15) is 82.4 Å². The molecule has 9 rings (SSSR count). The molecule has 4 aliphatic heterocycles. The van der Waals surface area contributed by atoms with Crippen molar-refractivity contribution in [2.75, 3.05) is 55.6 Å². The first-order chi connectivity index (χ1) is 30.0. The molecule has 5 amide bonds. The average Bonchev–Trinajstić information content (AvgIpc) is 3.51. The summed E-state index contributed by atoms with van der Waals surface area (Å²) in [5.74, 6) is -2.84. The Hall–Kier alpha value is -6.47. The van der Waals surface area contributed by atoms with Gasteiger partial charge in [0.05, 0.1) is 40.7 Å². The van der Waals surface area contributed by atoms with E-state index in [-0.39, 0.29) is 53.3 Å². The van der Waals surface area contributed by atoms with Crippen LogP contribution in [0.3, 0.4) is 0 Å². The van der Waals surface area contributed by atoms with Crippen LogP contribution in [0.25, 0.3) is 15.7 Å². The number of anilines is 2. The van der Waals surface area contributed by atoms with E-state index in [0.717, 1.165) is 61.4 Å². The van der Waals surface area contributed by atoms with E-state index in [9.17, 15) is 24.0 Å². The van der Waals surface area contributed by atoms with Crippen molar-refractivity contribution >= 4 is 57.5 Å². The highest BCUT2D eigenvalue weighted by Crippen LogP contribution is 2.36. The lowest BCUT2D eigenvalue weighted by atomic mass is 9.92. The summed E-state index contributed by atoms with van der Waals surface area (Å²) >= 11 is 0. The second-order valence-corrected chi connectivity index (χ2v) is 16.8. The molecule has 5 aliphatic rings. The number of amides is 5. The fraction of sp³-hybridized carbons (Fsp3) is 0.413. The van der Waals surface area contributed by atoms with Crippen molar-refractivity contribution in [3.63, 3.8) is 0 Å². The molecule has 5 heterocycles. The van der Waals surface area contributed by atoms with Gasteiger partial charge in [0.2, 0.25) is 17.5 Å². The molecule has 0 radical (unpaired) electrons. The fourth-order valence-electron chi connectivity index (χ4n) is 9.62. The molecular weight excluding hydrogens is 799 g/mol. The van der Waals surface area contributed by atoms with Crippen LogP contribution in [-0.2, 0) is 9.59 Å². The van der Waals surface area contributed by atoms with Crippen LogP contribution in [0.5, 0.6) is 5.75 Å². The number of pyridine rings is 1. The maximum absolute atomic E-state index is 15.5. The minimum Gasteiger partial charge on any atom is -0.490 e. The van der Waals surface area contributed by atoms with E-state index >= 15 is 8.78 Å². The number of piperidine rings is 2. The number of rotatable bonds is 9. The van der Waals surface area contributed by atoms with Crippen LogP contribution in [0.2, 0.25) is 0 Å². The predicted octanol–water partition coefficient (Wildman–Crippen LogP) is 5.62. The Kier molecular flexibility index (Phi) is 11.3. The Labute approximate surface area is 357 Å². The summed E-state index contributed by atoms with van der Waals surface area (Å²) in [6.45, 7) is 12.0. The molecule has 1 saturated carbocycles. The van der Waals surface area contributed by atoms with E-state index in [0.29, 0.717) is 67.8 Å². The molecule has 1 aromatic heterocycles. The van der Waals surface area contributed by atoms with Gasteiger partial charge in [-0.3, -0.25) is 44.1 Å². The van der Waals surface area contributed by atoms with Gasteiger partial charge in [-0.15, -0.1) is 0 Å². The number of aromatic nitrogens is 1. The zero-order valence-electron chi connectivity index (χ0n) is 34.1. The van der Waals surface area contributed by atoms with Gasteiger partial charge >= 0.3 is 0 Å². The number of imide groups is 2. The Morgan fingerprint density at radius 1 is 0.823 bits per heavy atom. The first-order valence-corrected chi connectivity index (χ1v) is 21.3. The van der Waals surface area contributed by atoms with Crippen LogP contribution in [-0.4, -0.2) is 108 Å². The van der Waals surface area contributed by atoms with Crippen molar-refractivity contribution in [1.29, 1.82) is 0 Å². The highest BCUT2D eigenvalue weighted by molar-refractivity contribution is 6.23. The molecule has 4 fully saturated rings. The Bertz CT molecular complexity index is 2500. The van der Waals surface area contributed by atoms with E-state index in [1.807, 2.05) is 28.0 Å². The maximum Gasteiger partial charge on any atom is 0.262 e. The topological polar surface area (TPSA) is 149 Å². The highest BCUT2D eigenvalue weighted by atomic mass is 19.1. The number of benzene rings is 3. The summed E-state index contributed by atoms with van der Waals surface area (Å²) in [5, 5.41) is 6.06. The molecule has 2 N–H and O–H groups in total. The van der Waals surface area contributed by atoms with Gasteiger partial charge in [-0.25, -0.2) is 13.6 Å². The van der Waals surface area contributed by atoms with Crippen molar-refractivity contribution in [2.24, 2.45) is 5.92 Å². The largest absolute Gasteiger partial charge is 0.490 e. The number of carbonyl (C=O) groups is 5. The Morgan fingerprint density at radius 2 is 1.53 bits per heavy atom. The summed E-state index contributed by atoms with van der Waals surface area (Å²) in [6, 6.07) is 13.3. The molecule has 14 nitrogen and oxygen atoms in total. The number of carbonyl (C=O) groups excluding carboxylic acids is 5. The van der Waals surface area contributed by atoms with Gasteiger partial charge in [0.25, 0.3) is 17.7 Å². The van der Waals surface area contributed by atoms with Crippen molar-refractivity contribution in [3.05, 3.63) is 101 Å². The monoisotopic (exact) mass is 844 g/mol. The van der Waals surface area contributed by atoms with Crippen LogP contribution < -0.4 is 25.2 Å². The minimum absolute atomic E-state index is 0.00314. The van der Waals surface area contributed by atoms with Gasteiger partial charge in [0.1, 0.15) is 23.4 Å². The van der Waals surface area contributed by atoms with Crippen molar-refractivity contribution in [2.45, 2.75) is 69.6 Å². The molecule has 0 bridgehead atoms. The molecule has 4 aromatic rings. The number of ether oxygens (including phenoxy) is 1. The third-order valence-electron chi connectivity index (χ3n) is 13.0. The lowest BCUT2D eigenvalue weighted by Gasteiger charge is -2.40. The summed E-state index contributed by atoms with van der Waals surface area (Å²) in [5.41, 5.74) is 2.07. The maximum atomic E-state index is 15.5. The second-order valence-electron chi connectivity index (χ2n) is 16.8. The SMILES string of the molecule is [C-]#[N+]c1ccc(OC2CCC(NC(=O)c3ccc(N4CCC(CN5CCN(c6cc7c(cc6F)C(=O)N(C6CCC(=O)NC6=O)C7=O)CC5)CC4)c(F)c3)CC2)c2cccnc12. The Balaban J connectivity index is 0.723. The number of hydrogen-bond acceptors (Lipinski definition) is 10. The normalized spacial score (nSPS) is 22.4. The standard InChI is InChI=1S/C46H46F2N8O6/c1-49-36-9-12-40(31-3-2-16-50-42(31)36)62-30-7-5-29(6-8-30)51-43(58)28-4-10-37(34(47)23-28)54-17-14-27(15-18-54)26-53-19-21-55(22-20-53)39-25-33-32(24-35(39)48)45(60)56(46(33)61)38-11-13-41(57)52-44(38)59/h2-4,9-10,12,16,23-25,27,29-30,38H,5-8,11,13-15,17-22,26H2,(H,51,58)(H,52,57,59). The second kappa shape index (κ2) is 17.1. The molecule has 16 heteroatoms. The summed E-state index contributed by atoms with van der Waals surface area (Å²) in [6.07, 6.45) is 6.34. The van der Waals surface area contributed by atoms with E-state index in [4.69, 9.17) is 11.3 Å². The smallest absolute Gasteiger partial charge is 0.262 e. The number of fused-ring (bicyclic) bond motifs is 2. The van der Waals surface area contributed by atoms with Gasteiger partial charge in [0.15, 0.2) is 0 Å². The third kappa shape index (κ3) is 8.04. The molecule has 0 spiro atoms.